The number of rotatable bonds is 16. The van der Waals surface area contributed by atoms with E-state index < -0.39 is 72.8 Å². The second-order valence-corrected chi connectivity index (χ2v) is 7.50. The molecule has 10 N–H and O–H groups in total. The first-order chi connectivity index (χ1) is 15.0. The van der Waals surface area contributed by atoms with E-state index in [1.807, 2.05) is 0 Å². The van der Waals surface area contributed by atoms with E-state index in [9.17, 15) is 29.1 Å². The molecule has 5 atom stereocenters. The van der Waals surface area contributed by atoms with Gasteiger partial charge in [0.2, 0.25) is 17.7 Å². The van der Waals surface area contributed by atoms with Crippen LogP contribution in [0.25, 0.3) is 0 Å². The molecule has 32 heavy (non-hydrogen) atoms. The maximum atomic E-state index is 12.8. The fourth-order valence-corrected chi connectivity index (χ4v) is 2.71. The summed E-state index contributed by atoms with van der Waals surface area (Å²) >= 11 is 0. The lowest BCUT2D eigenvalue weighted by atomic mass is 9.97. The molecule has 13 heteroatoms. The summed E-state index contributed by atoms with van der Waals surface area (Å²) in [6.07, 6.45) is 0.698. The third-order valence-corrected chi connectivity index (χ3v) is 4.90. The maximum Gasteiger partial charge on any atom is 0.326 e. The molecule has 0 aliphatic rings. The zero-order valence-corrected chi connectivity index (χ0v) is 18.4. The van der Waals surface area contributed by atoms with Gasteiger partial charge in [-0.15, -0.1) is 0 Å². The Hall–Kier alpha value is -2.77. The van der Waals surface area contributed by atoms with Crippen LogP contribution in [0.1, 0.15) is 46.0 Å². The molecule has 184 valence electrons. The van der Waals surface area contributed by atoms with Gasteiger partial charge in [0, 0.05) is 0 Å². The molecule has 0 aliphatic carbocycles. The van der Waals surface area contributed by atoms with Crippen LogP contribution in [0.5, 0.6) is 0 Å². The van der Waals surface area contributed by atoms with Gasteiger partial charge in [0.1, 0.15) is 24.2 Å². The van der Waals surface area contributed by atoms with Crippen LogP contribution in [0.3, 0.4) is 0 Å². The SMILES string of the molecule is CCC(C)C(NC(=O)C(N)CO)C(=O)NC(CC(=O)O)C(=O)NC(CCCCN)C(=O)O. The molecule has 13 nitrogen and oxygen atoms in total. The lowest BCUT2D eigenvalue weighted by molar-refractivity contribution is -0.144. The van der Waals surface area contributed by atoms with Gasteiger partial charge in [0.25, 0.3) is 0 Å². The number of amides is 3. The first-order valence-corrected chi connectivity index (χ1v) is 10.4. The van der Waals surface area contributed by atoms with Crippen molar-refractivity contribution >= 4 is 29.7 Å². The zero-order chi connectivity index (χ0) is 24.8. The molecule has 0 saturated heterocycles. The number of unbranched alkanes of at least 4 members (excludes halogenated alkanes) is 1. The highest BCUT2D eigenvalue weighted by Gasteiger charge is 2.33. The fourth-order valence-electron chi connectivity index (χ4n) is 2.71. The number of aliphatic carboxylic acids is 2. The average molecular weight is 462 g/mol. The number of carboxylic acids is 2. The minimum absolute atomic E-state index is 0.0800. The average Bonchev–Trinajstić information content (AvgIpc) is 2.74. The van der Waals surface area contributed by atoms with Crippen molar-refractivity contribution in [2.45, 2.75) is 70.1 Å². The lowest BCUT2D eigenvalue weighted by Gasteiger charge is -2.27. The van der Waals surface area contributed by atoms with Crippen molar-refractivity contribution < 1.29 is 39.3 Å². The van der Waals surface area contributed by atoms with Gasteiger partial charge in [-0.05, 0) is 31.7 Å². The molecule has 3 amide bonds. The van der Waals surface area contributed by atoms with Crippen LogP contribution >= 0.6 is 0 Å². The molecular weight excluding hydrogens is 426 g/mol. The predicted octanol–water partition coefficient (Wildman–Crippen LogP) is -2.51. The van der Waals surface area contributed by atoms with Crippen molar-refractivity contribution in [3.8, 4) is 0 Å². The van der Waals surface area contributed by atoms with Crippen LogP contribution in [0.4, 0.5) is 0 Å². The molecule has 0 aromatic rings. The summed E-state index contributed by atoms with van der Waals surface area (Å²) in [5.74, 6) is -5.73. The van der Waals surface area contributed by atoms with E-state index in [4.69, 9.17) is 21.7 Å². The number of carboxylic acid groups (broad SMARTS) is 2. The first-order valence-electron chi connectivity index (χ1n) is 10.4. The number of hydrogen-bond acceptors (Lipinski definition) is 8. The minimum atomic E-state index is -1.58. The number of carbonyl (C=O) groups is 5. The van der Waals surface area contributed by atoms with Crippen LogP contribution in [0.2, 0.25) is 0 Å². The number of nitrogens with one attached hydrogen (secondary N) is 3. The molecule has 0 aliphatic heterocycles. The Morgan fingerprint density at radius 2 is 1.50 bits per heavy atom. The molecule has 0 spiro atoms. The molecule has 0 rings (SSSR count). The van der Waals surface area contributed by atoms with Gasteiger partial charge in [-0.2, -0.15) is 0 Å². The fraction of sp³-hybridized carbons (Fsp3) is 0.737. The number of hydrogen-bond donors (Lipinski definition) is 8. The Bertz CT molecular complexity index is 660. The number of nitrogens with two attached hydrogens (primary N) is 2. The summed E-state index contributed by atoms with van der Waals surface area (Å²) in [6.45, 7) is 3.11. The van der Waals surface area contributed by atoms with Crippen molar-refractivity contribution in [1.29, 1.82) is 0 Å². The van der Waals surface area contributed by atoms with Crippen LogP contribution in [0, 0.1) is 5.92 Å². The van der Waals surface area contributed by atoms with Gasteiger partial charge in [-0.3, -0.25) is 19.2 Å². The smallest absolute Gasteiger partial charge is 0.326 e. The quantitative estimate of drug-likeness (QED) is 0.112. The van der Waals surface area contributed by atoms with E-state index in [1.165, 1.54) is 0 Å². The van der Waals surface area contributed by atoms with Gasteiger partial charge in [-0.1, -0.05) is 20.3 Å². The topological polar surface area (TPSA) is 234 Å². The third-order valence-electron chi connectivity index (χ3n) is 4.90. The summed E-state index contributed by atoms with van der Waals surface area (Å²) < 4.78 is 0. The maximum absolute atomic E-state index is 12.8. The highest BCUT2D eigenvalue weighted by molar-refractivity contribution is 5.95. The van der Waals surface area contributed by atoms with Crippen LogP contribution in [0.15, 0.2) is 0 Å². The summed E-state index contributed by atoms with van der Waals surface area (Å²) in [5.41, 5.74) is 10.8. The Morgan fingerprint density at radius 3 is 1.97 bits per heavy atom. The standard InChI is InChI=1S/C19H35N5O8/c1-3-10(2)15(24-16(28)11(21)9-25)18(30)23-13(8-14(26)27)17(29)22-12(19(31)32)6-4-5-7-20/h10-13,15,25H,3-9,20-21H2,1-2H3,(H,22,29)(H,23,30)(H,24,28)(H,26,27)(H,31,32). The molecule has 0 aromatic heterocycles. The normalized spacial score (nSPS) is 15.5. The molecule has 0 radical (unpaired) electrons. The predicted molar refractivity (Wildman–Crippen MR) is 113 cm³/mol. The summed E-state index contributed by atoms with van der Waals surface area (Å²) in [6, 6.07) is -5.28. The van der Waals surface area contributed by atoms with Gasteiger partial charge in [-0.25, -0.2) is 4.79 Å². The molecule has 0 aromatic carbocycles. The molecule has 0 heterocycles. The van der Waals surface area contributed by atoms with E-state index in [2.05, 4.69) is 16.0 Å². The van der Waals surface area contributed by atoms with Gasteiger partial charge in [0.15, 0.2) is 0 Å². The minimum Gasteiger partial charge on any atom is -0.481 e. The second kappa shape index (κ2) is 15.1. The van der Waals surface area contributed by atoms with Crippen molar-refractivity contribution in [1.82, 2.24) is 16.0 Å². The number of aliphatic hydroxyl groups is 1. The van der Waals surface area contributed by atoms with Crippen LogP contribution < -0.4 is 27.4 Å². The largest absolute Gasteiger partial charge is 0.481 e. The Labute approximate surface area is 186 Å². The Balaban J connectivity index is 5.47. The van der Waals surface area contributed by atoms with E-state index in [0.717, 1.165) is 0 Å². The van der Waals surface area contributed by atoms with Gasteiger partial charge in [0.05, 0.1) is 13.0 Å². The molecule has 0 saturated carbocycles. The number of aliphatic hydroxyl groups excluding tert-OH is 1. The lowest BCUT2D eigenvalue weighted by Crippen LogP contribution is -2.59. The Kier molecular flexibility index (Phi) is 13.8. The van der Waals surface area contributed by atoms with Crippen LogP contribution in [-0.4, -0.2) is 82.3 Å². The molecule has 0 bridgehead atoms. The highest BCUT2D eigenvalue weighted by Crippen LogP contribution is 2.10. The van der Waals surface area contributed by atoms with Crippen molar-refractivity contribution in [2.75, 3.05) is 13.2 Å². The van der Waals surface area contributed by atoms with E-state index >= 15 is 0 Å². The van der Waals surface area contributed by atoms with E-state index in [-0.39, 0.29) is 6.42 Å². The monoisotopic (exact) mass is 461 g/mol. The summed E-state index contributed by atoms with van der Waals surface area (Å²) in [5, 5.41) is 34.4. The van der Waals surface area contributed by atoms with Crippen molar-refractivity contribution in [3.63, 3.8) is 0 Å². The molecule has 5 unspecified atom stereocenters. The summed E-state index contributed by atoms with van der Waals surface area (Å²) in [7, 11) is 0. The highest BCUT2D eigenvalue weighted by atomic mass is 16.4. The third kappa shape index (κ3) is 10.5. The van der Waals surface area contributed by atoms with Crippen molar-refractivity contribution in [3.05, 3.63) is 0 Å². The number of carbonyl (C=O) groups excluding carboxylic acids is 3. The molecule has 0 fully saturated rings. The van der Waals surface area contributed by atoms with Gasteiger partial charge < -0.3 is 42.7 Å². The van der Waals surface area contributed by atoms with Crippen LogP contribution in [-0.2, 0) is 24.0 Å². The van der Waals surface area contributed by atoms with Gasteiger partial charge >= 0.3 is 11.9 Å². The zero-order valence-electron chi connectivity index (χ0n) is 18.4. The molecular formula is C19H35N5O8. The van der Waals surface area contributed by atoms with E-state index in [0.29, 0.717) is 25.8 Å². The summed E-state index contributed by atoms with van der Waals surface area (Å²) in [4.78, 5) is 60.0. The Morgan fingerprint density at radius 1 is 0.906 bits per heavy atom. The van der Waals surface area contributed by atoms with E-state index in [1.54, 1.807) is 13.8 Å². The first kappa shape index (κ1) is 29.2. The van der Waals surface area contributed by atoms with Crippen molar-refractivity contribution in [2.24, 2.45) is 17.4 Å². The second-order valence-electron chi connectivity index (χ2n) is 7.50.